The lowest BCUT2D eigenvalue weighted by molar-refractivity contribution is -0.122. The molecule has 32 heavy (non-hydrogen) atoms. The Balaban J connectivity index is 2.07. The highest BCUT2D eigenvalue weighted by molar-refractivity contribution is 7.91. The largest absolute Gasteiger partial charge is 0.354 e. The first kappa shape index (κ1) is 26.0. The first-order valence-electron chi connectivity index (χ1n) is 10.9. The number of rotatable bonds is 13. The summed E-state index contributed by atoms with van der Waals surface area (Å²) in [5, 5.41) is 7.13. The van der Waals surface area contributed by atoms with Crippen LogP contribution in [0.25, 0.3) is 0 Å². The summed E-state index contributed by atoms with van der Waals surface area (Å²) in [6.45, 7) is 6.43. The molecule has 9 heteroatoms. The van der Waals surface area contributed by atoms with Crippen LogP contribution in [0.1, 0.15) is 56.0 Å². The van der Waals surface area contributed by atoms with Gasteiger partial charge in [-0.1, -0.05) is 45.4 Å². The summed E-state index contributed by atoms with van der Waals surface area (Å²) in [5.74, 6) is -0.439. The van der Waals surface area contributed by atoms with Crippen LogP contribution in [0.3, 0.4) is 0 Å². The van der Waals surface area contributed by atoms with Crippen molar-refractivity contribution in [2.45, 2.75) is 56.7 Å². The van der Waals surface area contributed by atoms with Gasteiger partial charge in [-0.2, -0.15) is 0 Å². The van der Waals surface area contributed by atoms with Crippen LogP contribution in [0.4, 0.5) is 0 Å². The average molecular weight is 480 g/mol. The van der Waals surface area contributed by atoms with E-state index in [1.165, 1.54) is 6.07 Å². The molecule has 0 aliphatic rings. The Kier molecular flexibility index (Phi) is 10.3. The molecule has 1 aromatic heterocycles. The zero-order valence-corrected chi connectivity index (χ0v) is 20.5. The van der Waals surface area contributed by atoms with Crippen LogP contribution in [0.5, 0.6) is 0 Å². The number of unbranched alkanes of at least 4 members (excludes halogenated alkanes) is 1. The summed E-state index contributed by atoms with van der Waals surface area (Å²) >= 11 is 1.09. The van der Waals surface area contributed by atoms with E-state index in [1.54, 1.807) is 23.6 Å². The third kappa shape index (κ3) is 8.37. The highest BCUT2D eigenvalue weighted by Crippen LogP contribution is 2.15. The van der Waals surface area contributed by atoms with Crippen LogP contribution in [0, 0.1) is 5.92 Å². The second-order valence-electron chi connectivity index (χ2n) is 8.08. The molecule has 0 spiro atoms. The number of hydrogen-bond donors (Lipinski definition) is 3. The van der Waals surface area contributed by atoms with Gasteiger partial charge in [0.05, 0.1) is 0 Å². The van der Waals surface area contributed by atoms with E-state index in [9.17, 15) is 18.0 Å². The van der Waals surface area contributed by atoms with Crippen molar-refractivity contribution in [3.63, 3.8) is 0 Å². The quantitative estimate of drug-likeness (QED) is 0.410. The molecule has 0 saturated heterocycles. The minimum absolute atomic E-state index is 0.158. The first-order valence-corrected chi connectivity index (χ1v) is 13.3. The van der Waals surface area contributed by atoms with Gasteiger partial charge in [0.15, 0.2) is 0 Å². The van der Waals surface area contributed by atoms with Crippen molar-refractivity contribution in [3.8, 4) is 0 Å². The van der Waals surface area contributed by atoms with Gasteiger partial charge in [0.1, 0.15) is 10.3 Å². The highest BCUT2D eigenvalue weighted by Gasteiger charge is 2.24. The van der Waals surface area contributed by atoms with E-state index >= 15 is 0 Å². The van der Waals surface area contributed by atoms with E-state index in [2.05, 4.69) is 22.3 Å². The Labute approximate surface area is 195 Å². The van der Waals surface area contributed by atoms with Gasteiger partial charge in [0, 0.05) is 18.7 Å². The van der Waals surface area contributed by atoms with Crippen LogP contribution < -0.4 is 15.4 Å². The fourth-order valence-corrected chi connectivity index (χ4v) is 5.03. The van der Waals surface area contributed by atoms with E-state index in [0.29, 0.717) is 18.0 Å². The summed E-state index contributed by atoms with van der Waals surface area (Å²) in [6, 6.07) is 9.35. The zero-order valence-electron chi connectivity index (χ0n) is 18.9. The van der Waals surface area contributed by atoms with Crippen LogP contribution in [-0.4, -0.2) is 39.4 Å². The second-order valence-corrected chi connectivity index (χ2v) is 11.0. The molecule has 0 radical (unpaired) electrons. The SMILES string of the molecule is CCCCc1ccc(C(=O)N[C@@H](CNS(=O)(=O)c2cccs2)C(=O)NCCC(C)C)cc1. The molecule has 0 aliphatic carbocycles. The Morgan fingerprint density at radius 3 is 2.41 bits per heavy atom. The normalized spacial score (nSPS) is 12.5. The fraction of sp³-hybridized carbons (Fsp3) is 0.478. The molecule has 3 N–H and O–H groups in total. The molecule has 2 aromatic rings. The minimum Gasteiger partial charge on any atom is -0.354 e. The van der Waals surface area contributed by atoms with Gasteiger partial charge in [-0.15, -0.1) is 11.3 Å². The third-order valence-corrected chi connectivity index (χ3v) is 7.74. The number of amides is 2. The molecule has 2 amide bonds. The number of carbonyl (C=O) groups excluding carboxylic acids is 2. The van der Waals surface area contributed by atoms with Gasteiger partial charge in [-0.3, -0.25) is 9.59 Å². The third-order valence-electron chi connectivity index (χ3n) is 4.92. The number of carbonyl (C=O) groups is 2. The van der Waals surface area contributed by atoms with Gasteiger partial charge in [-0.05, 0) is 54.3 Å². The van der Waals surface area contributed by atoms with Gasteiger partial charge in [0.25, 0.3) is 5.91 Å². The van der Waals surface area contributed by atoms with E-state index in [4.69, 9.17) is 0 Å². The van der Waals surface area contributed by atoms with Crippen LogP contribution in [0.15, 0.2) is 46.0 Å². The molecule has 1 aromatic carbocycles. The van der Waals surface area contributed by atoms with Gasteiger partial charge >= 0.3 is 0 Å². The Morgan fingerprint density at radius 1 is 1.09 bits per heavy atom. The summed E-state index contributed by atoms with van der Waals surface area (Å²) in [4.78, 5) is 25.5. The molecule has 0 saturated carbocycles. The van der Waals surface area contributed by atoms with Gasteiger partial charge in [0.2, 0.25) is 15.9 Å². The number of benzene rings is 1. The molecule has 0 fully saturated rings. The molecule has 0 unspecified atom stereocenters. The predicted molar refractivity (Wildman–Crippen MR) is 128 cm³/mol. The number of nitrogens with one attached hydrogen (secondary N) is 3. The van der Waals surface area contributed by atoms with E-state index in [-0.39, 0.29) is 10.8 Å². The maximum Gasteiger partial charge on any atom is 0.251 e. The highest BCUT2D eigenvalue weighted by atomic mass is 32.2. The summed E-state index contributed by atoms with van der Waals surface area (Å²) in [6.07, 6.45) is 3.90. The molecule has 7 nitrogen and oxygen atoms in total. The molecule has 2 rings (SSSR count). The zero-order chi connectivity index (χ0) is 23.6. The van der Waals surface area contributed by atoms with Crippen molar-refractivity contribution >= 4 is 33.2 Å². The Morgan fingerprint density at radius 2 is 1.81 bits per heavy atom. The number of aryl methyl sites for hydroxylation is 1. The lowest BCUT2D eigenvalue weighted by Crippen LogP contribution is -2.52. The molecule has 1 atom stereocenters. The lowest BCUT2D eigenvalue weighted by atomic mass is 10.1. The molecule has 0 aliphatic heterocycles. The fourth-order valence-electron chi connectivity index (χ4n) is 2.94. The molecular formula is C23H33N3O4S2. The van der Waals surface area contributed by atoms with Crippen molar-refractivity contribution in [2.75, 3.05) is 13.1 Å². The monoisotopic (exact) mass is 479 g/mol. The van der Waals surface area contributed by atoms with Crippen molar-refractivity contribution in [2.24, 2.45) is 5.92 Å². The summed E-state index contributed by atoms with van der Waals surface area (Å²) in [7, 11) is -3.76. The van der Waals surface area contributed by atoms with Crippen LogP contribution in [0.2, 0.25) is 0 Å². The van der Waals surface area contributed by atoms with E-state index < -0.39 is 27.9 Å². The second kappa shape index (κ2) is 12.7. The standard InChI is InChI=1S/C23H33N3O4S2/c1-4-5-7-18-9-11-19(12-10-18)22(27)26-20(23(28)24-14-13-17(2)3)16-25-32(29,30)21-8-6-15-31-21/h6,8-12,15,17,20,25H,4-5,7,13-14,16H2,1-3H3,(H,24,28)(H,26,27)/t20-/m0/s1. The maximum atomic E-state index is 12.8. The molecule has 1 heterocycles. The summed E-state index contributed by atoms with van der Waals surface area (Å²) < 4.78 is 27.5. The Hall–Kier alpha value is -2.23. The smallest absolute Gasteiger partial charge is 0.251 e. The topological polar surface area (TPSA) is 104 Å². The minimum atomic E-state index is -3.76. The Bertz CT molecular complexity index is 956. The van der Waals surface area contributed by atoms with Gasteiger partial charge < -0.3 is 10.6 Å². The number of hydrogen-bond acceptors (Lipinski definition) is 5. The number of thiophene rings is 1. The van der Waals surface area contributed by atoms with Gasteiger partial charge in [-0.25, -0.2) is 13.1 Å². The van der Waals surface area contributed by atoms with Crippen molar-refractivity contribution in [1.82, 2.24) is 15.4 Å². The molecule has 176 valence electrons. The van der Waals surface area contributed by atoms with Crippen molar-refractivity contribution < 1.29 is 18.0 Å². The lowest BCUT2D eigenvalue weighted by Gasteiger charge is -2.19. The maximum absolute atomic E-state index is 12.8. The van der Waals surface area contributed by atoms with E-state index in [0.717, 1.165) is 42.6 Å². The molecule has 0 bridgehead atoms. The van der Waals surface area contributed by atoms with Crippen molar-refractivity contribution in [3.05, 3.63) is 52.9 Å². The van der Waals surface area contributed by atoms with Crippen molar-refractivity contribution in [1.29, 1.82) is 0 Å². The van der Waals surface area contributed by atoms with E-state index in [1.807, 2.05) is 26.0 Å². The number of sulfonamides is 1. The predicted octanol–water partition coefficient (Wildman–Crippen LogP) is 3.33. The summed E-state index contributed by atoms with van der Waals surface area (Å²) in [5.41, 5.74) is 1.57. The first-order chi connectivity index (χ1) is 15.2. The molecular weight excluding hydrogens is 446 g/mol. The van der Waals surface area contributed by atoms with Crippen LogP contribution in [-0.2, 0) is 21.2 Å². The van der Waals surface area contributed by atoms with Crippen LogP contribution >= 0.6 is 11.3 Å². The average Bonchev–Trinajstić information content (AvgIpc) is 3.31.